The highest BCUT2D eigenvalue weighted by Gasteiger charge is 2.23. The van der Waals surface area contributed by atoms with E-state index in [1.54, 1.807) is 6.92 Å². The van der Waals surface area contributed by atoms with E-state index >= 15 is 0 Å². The predicted octanol–water partition coefficient (Wildman–Crippen LogP) is 3.50. The van der Waals surface area contributed by atoms with Crippen LogP contribution in [0.25, 0.3) is 0 Å². The average molecular weight is 300 g/mol. The molecule has 3 nitrogen and oxygen atoms in total. The summed E-state index contributed by atoms with van der Waals surface area (Å²) in [4.78, 5) is 17.4. The molecule has 1 amide bonds. The second-order valence-electron chi connectivity index (χ2n) is 4.03. The fourth-order valence-corrected chi connectivity index (χ4v) is 2.38. The van der Waals surface area contributed by atoms with Crippen LogP contribution in [0.1, 0.15) is 14.7 Å². The number of aromatic nitrogens is 1. The lowest BCUT2D eigenvalue weighted by Crippen LogP contribution is -2.34. The lowest BCUT2D eigenvalue weighted by Gasteiger charge is -2.21. The topological polar surface area (TPSA) is 33.2 Å². The minimum absolute atomic E-state index is 0.225. The average Bonchev–Trinajstić information content (AvgIpc) is 2.83. The number of hydrogen-bond acceptors (Lipinski definition) is 3. The fraction of sp³-hybridized carbons (Fsp3) is 0.231. The largest absolute Gasteiger partial charge is 0.302 e. The molecule has 1 aromatic carbocycles. The van der Waals surface area contributed by atoms with Crippen LogP contribution in [0, 0.1) is 12.7 Å². The maximum atomic E-state index is 12.9. The Morgan fingerprint density at radius 1 is 1.35 bits per heavy atom. The molecule has 1 aromatic heterocycles. The number of thiazole rings is 1. The van der Waals surface area contributed by atoms with Gasteiger partial charge in [-0.2, -0.15) is 0 Å². The number of aryl methyl sites for hydroxylation is 1. The predicted molar refractivity (Wildman–Crippen MR) is 70.9 cm³/mol. The quantitative estimate of drug-likeness (QED) is 0.866. The van der Waals surface area contributed by atoms with Gasteiger partial charge in [0.05, 0.1) is 17.7 Å². The van der Waals surface area contributed by atoms with Crippen LogP contribution in [0.5, 0.6) is 0 Å². The Morgan fingerprint density at radius 2 is 2.00 bits per heavy atom. The van der Waals surface area contributed by atoms with Crippen molar-refractivity contribution in [2.45, 2.75) is 13.3 Å². The monoisotopic (exact) mass is 300 g/mol. The zero-order valence-corrected chi connectivity index (χ0v) is 11.3. The molecule has 1 heterocycles. The summed E-state index contributed by atoms with van der Waals surface area (Å²) in [6.45, 7) is 0.970. The zero-order valence-electron chi connectivity index (χ0n) is 10.5. The van der Waals surface area contributed by atoms with Crippen molar-refractivity contribution in [2.75, 3.05) is 11.4 Å². The molecule has 0 unspecified atom stereocenters. The zero-order chi connectivity index (χ0) is 14.7. The number of alkyl halides is 2. The minimum Gasteiger partial charge on any atom is -0.302 e. The number of nitrogens with zero attached hydrogens (tertiary/aromatic N) is 2. The van der Waals surface area contributed by atoms with Gasteiger partial charge in [-0.1, -0.05) is 0 Å². The van der Waals surface area contributed by atoms with Gasteiger partial charge in [0.2, 0.25) is 0 Å². The van der Waals surface area contributed by atoms with Crippen molar-refractivity contribution >= 4 is 22.9 Å². The highest BCUT2D eigenvalue weighted by atomic mass is 32.1. The van der Waals surface area contributed by atoms with Crippen molar-refractivity contribution in [1.29, 1.82) is 0 Å². The van der Waals surface area contributed by atoms with Crippen LogP contribution in [0.3, 0.4) is 0 Å². The number of halogens is 3. The molecule has 20 heavy (non-hydrogen) atoms. The van der Waals surface area contributed by atoms with E-state index in [0.29, 0.717) is 5.01 Å². The van der Waals surface area contributed by atoms with Crippen LogP contribution in [-0.4, -0.2) is 23.9 Å². The summed E-state index contributed by atoms with van der Waals surface area (Å²) in [5.74, 6) is -1.06. The van der Waals surface area contributed by atoms with Gasteiger partial charge < -0.3 is 4.90 Å². The summed E-state index contributed by atoms with van der Waals surface area (Å²) in [5, 5.41) is 0.671. The molecule has 0 atom stereocenters. The minimum atomic E-state index is -2.68. The smallest absolute Gasteiger partial charge is 0.270 e. The number of carbonyl (C=O) groups excluding carboxylic acids is 1. The number of carbonyl (C=O) groups is 1. The van der Waals surface area contributed by atoms with Crippen LogP contribution < -0.4 is 4.90 Å². The Labute approximate surface area is 117 Å². The molecule has 0 aliphatic heterocycles. The summed E-state index contributed by atoms with van der Waals surface area (Å²) in [5.41, 5.74) is 0.225. The second kappa shape index (κ2) is 6.04. The fourth-order valence-electron chi connectivity index (χ4n) is 1.66. The Kier molecular flexibility index (Phi) is 4.39. The van der Waals surface area contributed by atoms with Crippen molar-refractivity contribution in [3.05, 3.63) is 46.2 Å². The van der Waals surface area contributed by atoms with Crippen molar-refractivity contribution in [2.24, 2.45) is 0 Å². The van der Waals surface area contributed by atoms with E-state index in [0.717, 1.165) is 28.4 Å². The van der Waals surface area contributed by atoms with Crippen LogP contribution in [-0.2, 0) is 0 Å². The van der Waals surface area contributed by atoms with E-state index in [-0.39, 0.29) is 10.6 Å². The van der Waals surface area contributed by atoms with Gasteiger partial charge in [0.1, 0.15) is 10.7 Å². The molecular formula is C13H11F3N2OS. The van der Waals surface area contributed by atoms with Gasteiger partial charge in [0, 0.05) is 5.69 Å². The van der Waals surface area contributed by atoms with Crippen LogP contribution >= 0.6 is 11.3 Å². The SMILES string of the molecule is Cc1ncc(C(=O)N(CC(F)F)c2ccc(F)cc2)s1. The molecular weight excluding hydrogens is 289 g/mol. The van der Waals surface area contributed by atoms with E-state index in [4.69, 9.17) is 0 Å². The number of benzene rings is 1. The van der Waals surface area contributed by atoms with Crippen LogP contribution in [0.4, 0.5) is 18.9 Å². The Hall–Kier alpha value is -1.89. The van der Waals surface area contributed by atoms with Crippen LogP contribution in [0.15, 0.2) is 30.5 Å². The number of anilines is 1. The maximum absolute atomic E-state index is 12.9. The third-order valence-electron chi connectivity index (χ3n) is 2.54. The first-order valence-corrected chi connectivity index (χ1v) is 6.57. The molecule has 2 rings (SSSR count). The first kappa shape index (κ1) is 14.5. The molecule has 2 aromatic rings. The van der Waals surface area contributed by atoms with E-state index in [9.17, 15) is 18.0 Å². The number of hydrogen-bond donors (Lipinski definition) is 0. The Bertz CT molecular complexity index is 598. The highest BCUT2D eigenvalue weighted by molar-refractivity contribution is 7.13. The Balaban J connectivity index is 2.32. The molecule has 0 radical (unpaired) electrons. The highest BCUT2D eigenvalue weighted by Crippen LogP contribution is 2.21. The lowest BCUT2D eigenvalue weighted by atomic mass is 10.2. The van der Waals surface area contributed by atoms with Gasteiger partial charge in [-0.25, -0.2) is 18.2 Å². The van der Waals surface area contributed by atoms with Gasteiger partial charge in [0.25, 0.3) is 12.3 Å². The van der Waals surface area contributed by atoms with Gasteiger partial charge in [-0.3, -0.25) is 4.79 Å². The third-order valence-corrected chi connectivity index (χ3v) is 3.44. The molecule has 0 fully saturated rings. The van der Waals surface area contributed by atoms with Gasteiger partial charge >= 0.3 is 0 Å². The molecule has 106 valence electrons. The van der Waals surface area contributed by atoms with Gasteiger partial charge in [0.15, 0.2) is 0 Å². The summed E-state index contributed by atoms with van der Waals surface area (Å²) >= 11 is 1.13. The lowest BCUT2D eigenvalue weighted by molar-refractivity contribution is 0.0949. The standard InChI is InChI=1S/C13H11F3N2OS/c1-8-17-6-11(20-8)13(19)18(7-12(15)16)10-4-2-9(14)3-5-10/h2-6,12H,7H2,1H3. The van der Waals surface area contributed by atoms with E-state index in [1.807, 2.05) is 0 Å². The van der Waals surface area contributed by atoms with E-state index in [2.05, 4.69) is 4.98 Å². The van der Waals surface area contributed by atoms with Crippen molar-refractivity contribution in [3.63, 3.8) is 0 Å². The number of rotatable bonds is 4. The van der Waals surface area contributed by atoms with Gasteiger partial charge in [-0.15, -0.1) is 11.3 Å². The van der Waals surface area contributed by atoms with Crippen molar-refractivity contribution in [3.8, 4) is 0 Å². The molecule has 0 aliphatic rings. The Morgan fingerprint density at radius 3 is 2.50 bits per heavy atom. The first-order chi connectivity index (χ1) is 9.47. The van der Waals surface area contributed by atoms with Crippen molar-refractivity contribution in [1.82, 2.24) is 4.98 Å². The summed E-state index contributed by atoms with van der Waals surface area (Å²) in [6.07, 6.45) is -1.33. The molecule has 0 aliphatic carbocycles. The molecule has 0 spiro atoms. The first-order valence-electron chi connectivity index (χ1n) is 5.75. The molecule has 0 N–H and O–H groups in total. The second-order valence-corrected chi connectivity index (χ2v) is 5.26. The van der Waals surface area contributed by atoms with E-state index in [1.165, 1.54) is 18.3 Å². The molecule has 0 saturated carbocycles. The summed E-state index contributed by atoms with van der Waals surface area (Å²) in [6, 6.07) is 4.84. The third kappa shape index (κ3) is 3.36. The molecule has 7 heteroatoms. The van der Waals surface area contributed by atoms with Crippen LogP contribution in [0.2, 0.25) is 0 Å². The normalized spacial score (nSPS) is 10.8. The summed E-state index contributed by atoms with van der Waals surface area (Å²) in [7, 11) is 0. The molecule has 0 saturated heterocycles. The van der Waals surface area contributed by atoms with Crippen molar-refractivity contribution < 1.29 is 18.0 Å². The van der Waals surface area contributed by atoms with E-state index < -0.39 is 24.7 Å². The number of amides is 1. The molecule has 0 bridgehead atoms. The maximum Gasteiger partial charge on any atom is 0.270 e. The van der Waals surface area contributed by atoms with Gasteiger partial charge in [-0.05, 0) is 31.2 Å². The summed E-state index contributed by atoms with van der Waals surface area (Å²) < 4.78 is 38.2.